The number of nitrogens with zero attached hydrogens (tertiary/aromatic N) is 3. The van der Waals surface area contributed by atoms with Crippen molar-refractivity contribution in [2.75, 3.05) is 40.5 Å². The summed E-state index contributed by atoms with van der Waals surface area (Å²) in [5.74, 6) is 0.312. The molecule has 0 saturated carbocycles. The Labute approximate surface area is 118 Å². The maximum Gasteiger partial charge on any atom is 0.417 e. The molecule has 1 N–H and O–H groups in total. The first-order valence-corrected chi connectivity index (χ1v) is 7.08. The maximum atomic E-state index is 12.3. The van der Waals surface area contributed by atoms with Crippen LogP contribution in [0.5, 0.6) is 0 Å². The number of nitrogens with one attached hydrogen (secondary N) is 1. The molecule has 0 radical (unpaired) electrons. The number of carbonyl (C=O) groups excluding carboxylic acids is 2. The normalized spacial score (nSPS) is 31.6. The Kier molecular flexibility index (Phi) is 3.47. The molecular weight excluding hydrogens is 260 g/mol. The van der Waals surface area contributed by atoms with Crippen LogP contribution >= 0.6 is 0 Å². The number of urea groups is 1. The standard InChI is InChI=1S/C13H20N4O3/c1-15-11-10(12(18)16(2)13(15)19)7-17(8-14-11)6-9-4-3-5-20-9/h9-10H,3-8H2,1-2H3/p+1. The van der Waals surface area contributed by atoms with Crippen LogP contribution in [0.15, 0.2) is 0 Å². The molecule has 0 aromatic rings. The van der Waals surface area contributed by atoms with E-state index in [1.807, 2.05) is 0 Å². The van der Waals surface area contributed by atoms with Crippen LogP contribution in [0.2, 0.25) is 0 Å². The Hall–Kier alpha value is -1.47. The predicted octanol–water partition coefficient (Wildman–Crippen LogP) is -1.94. The zero-order chi connectivity index (χ0) is 14.3. The molecule has 7 nitrogen and oxygen atoms in total. The quantitative estimate of drug-likeness (QED) is 0.639. The van der Waals surface area contributed by atoms with Gasteiger partial charge in [0, 0.05) is 26.7 Å². The van der Waals surface area contributed by atoms with Crippen molar-refractivity contribution in [3.63, 3.8) is 0 Å². The van der Waals surface area contributed by atoms with Crippen molar-refractivity contribution in [3.05, 3.63) is 0 Å². The van der Waals surface area contributed by atoms with Crippen molar-refractivity contribution in [3.8, 4) is 0 Å². The Morgan fingerprint density at radius 2 is 2.10 bits per heavy atom. The van der Waals surface area contributed by atoms with Crippen molar-refractivity contribution in [2.45, 2.75) is 18.9 Å². The molecule has 0 aromatic heterocycles. The number of fused-ring (bicyclic) bond motifs is 1. The summed E-state index contributed by atoms with van der Waals surface area (Å²) in [5, 5.41) is 0. The highest BCUT2D eigenvalue weighted by atomic mass is 16.5. The minimum atomic E-state index is -0.280. The van der Waals surface area contributed by atoms with Crippen molar-refractivity contribution < 1.29 is 19.3 Å². The second-order valence-electron chi connectivity index (χ2n) is 5.68. The van der Waals surface area contributed by atoms with E-state index in [2.05, 4.69) is 9.89 Å². The van der Waals surface area contributed by atoms with Gasteiger partial charge in [0.05, 0.1) is 13.2 Å². The summed E-state index contributed by atoms with van der Waals surface area (Å²) in [4.78, 5) is 32.3. The molecule has 2 saturated heterocycles. The van der Waals surface area contributed by atoms with Crippen LogP contribution in [-0.2, 0) is 9.53 Å². The number of amides is 3. The second-order valence-corrected chi connectivity index (χ2v) is 5.68. The first-order chi connectivity index (χ1) is 9.58. The highest BCUT2D eigenvalue weighted by Crippen LogP contribution is 2.18. The summed E-state index contributed by atoms with van der Waals surface area (Å²) < 4.78 is 5.64. The fourth-order valence-electron chi connectivity index (χ4n) is 3.14. The molecule has 3 amide bonds. The summed E-state index contributed by atoms with van der Waals surface area (Å²) in [6, 6.07) is -0.277. The molecule has 3 heterocycles. The summed E-state index contributed by atoms with van der Waals surface area (Å²) in [7, 11) is 3.24. The zero-order valence-corrected chi connectivity index (χ0v) is 12.0. The summed E-state index contributed by atoms with van der Waals surface area (Å²) in [6.07, 6.45) is 2.48. The molecule has 0 aliphatic carbocycles. The van der Waals surface area contributed by atoms with Crippen LogP contribution in [0.4, 0.5) is 4.79 Å². The lowest BCUT2D eigenvalue weighted by molar-refractivity contribution is -0.499. The van der Waals surface area contributed by atoms with Crippen LogP contribution in [0.25, 0.3) is 0 Å². The number of amidine groups is 1. The van der Waals surface area contributed by atoms with E-state index in [1.54, 1.807) is 7.05 Å². The van der Waals surface area contributed by atoms with Crippen LogP contribution in [-0.4, -0.2) is 79.0 Å². The van der Waals surface area contributed by atoms with Crippen molar-refractivity contribution >= 4 is 17.8 Å². The molecule has 3 rings (SSSR count). The van der Waals surface area contributed by atoms with Gasteiger partial charge in [-0.25, -0.2) is 9.69 Å². The van der Waals surface area contributed by atoms with E-state index in [9.17, 15) is 9.59 Å². The van der Waals surface area contributed by atoms with Crippen molar-refractivity contribution in [1.29, 1.82) is 0 Å². The number of carbonyl (C=O) groups is 2. The average Bonchev–Trinajstić information content (AvgIpc) is 2.95. The first kappa shape index (κ1) is 13.5. The van der Waals surface area contributed by atoms with Crippen molar-refractivity contribution in [2.24, 2.45) is 5.92 Å². The number of hydrogen-bond donors (Lipinski definition) is 1. The molecule has 2 atom stereocenters. The van der Waals surface area contributed by atoms with Gasteiger partial charge in [-0.3, -0.25) is 14.7 Å². The summed E-state index contributed by atoms with van der Waals surface area (Å²) in [6.45, 7) is 2.97. The number of imide groups is 1. The molecule has 0 spiro atoms. The van der Waals surface area contributed by atoms with Gasteiger partial charge in [0.1, 0.15) is 6.67 Å². The molecule has 2 fully saturated rings. The van der Waals surface area contributed by atoms with Gasteiger partial charge in [-0.2, -0.15) is 4.90 Å². The predicted molar refractivity (Wildman–Crippen MR) is 70.8 cm³/mol. The number of ether oxygens (including phenoxy) is 1. The van der Waals surface area contributed by atoms with Gasteiger partial charge in [-0.1, -0.05) is 0 Å². The fraction of sp³-hybridized carbons (Fsp3) is 0.769. The van der Waals surface area contributed by atoms with E-state index in [0.717, 1.165) is 31.8 Å². The Morgan fingerprint density at radius 3 is 2.80 bits per heavy atom. The minimum Gasteiger partial charge on any atom is -0.377 e. The number of hydrogen-bond acceptors (Lipinski definition) is 4. The summed E-state index contributed by atoms with van der Waals surface area (Å²) in [5.41, 5.74) is 0. The summed E-state index contributed by atoms with van der Waals surface area (Å²) >= 11 is 0. The van der Waals surface area contributed by atoms with E-state index in [-0.39, 0.29) is 24.0 Å². The van der Waals surface area contributed by atoms with E-state index < -0.39 is 0 Å². The first-order valence-electron chi connectivity index (χ1n) is 7.08. The Morgan fingerprint density at radius 1 is 1.30 bits per heavy atom. The van der Waals surface area contributed by atoms with E-state index in [4.69, 9.17) is 4.74 Å². The van der Waals surface area contributed by atoms with Gasteiger partial charge < -0.3 is 4.74 Å². The van der Waals surface area contributed by atoms with Crippen molar-refractivity contribution in [1.82, 2.24) is 14.7 Å². The third kappa shape index (κ3) is 2.20. The molecule has 3 aliphatic rings. The fourth-order valence-corrected chi connectivity index (χ4v) is 3.14. The largest absolute Gasteiger partial charge is 0.417 e. The lowest BCUT2D eigenvalue weighted by Gasteiger charge is -2.36. The Bertz CT molecular complexity index is 459. The smallest absolute Gasteiger partial charge is 0.377 e. The highest BCUT2D eigenvalue weighted by Gasteiger charge is 2.48. The SMILES string of the molecule is CN1C(=O)C2CN(CC3CCCO3)C[NH+]=C2N(C)C1=O. The molecule has 2 unspecified atom stereocenters. The highest BCUT2D eigenvalue weighted by molar-refractivity contribution is 6.16. The van der Waals surface area contributed by atoms with Gasteiger partial charge in [0.25, 0.3) is 5.84 Å². The van der Waals surface area contributed by atoms with Gasteiger partial charge in [-0.05, 0) is 12.8 Å². The third-order valence-corrected chi connectivity index (χ3v) is 4.30. The van der Waals surface area contributed by atoms with Gasteiger partial charge in [-0.15, -0.1) is 0 Å². The molecule has 7 heteroatoms. The average molecular weight is 281 g/mol. The lowest BCUT2D eigenvalue weighted by atomic mass is 10.0. The van der Waals surface area contributed by atoms with Gasteiger partial charge in [0.2, 0.25) is 5.91 Å². The third-order valence-electron chi connectivity index (χ3n) is 4.30. The molecule has 20 heavy (non-hydrogen) atoms. The van der Waals surface area contributed by atoms with Crippen LogP contribution in [0.3, 0.4) is 0 Å². The second kappa shape index (κ2) is 5.14. The molecule has 0 aromatic carbocycles. The molecule has 110 valence electrons. The topological polar surface area (TPSA) is 67.1 Å². The maximum absolute atomic E-state index is 12.3. The van der Waals surface area contributed by atoms with Gasteiger partial charge >= 0.3 is 6.03 Å². The van der Waals surface area contributed by atoms with E-state index in [0.29, 0.717) is 13.2 Å². The zero-order valence-electron chi connectivity index (χ0n) is 12.0. The molecule has 0 bridgehead atoms. The number of rotatable bonds is 2. The molecular formula is C13H21N4O3+. The van der Waals surface area contributed by atoms with Gasteiger partial charge in [0.15, 0.2) is 5.92 Å². The monoisotopic (exact) mass is 281 g/mol. The van der Waals surface area contributed by atoms with Crippen LogP contribution in [0, 0.1) is 5.92 Å². The van der Waals surface area contributed by atoms with E-state index >= 15 is 0 Å². The van der Waals surface area contributed by atoms with Crippen LogP contribution in [0.1, 0.15) is 12.8 Å². The van der Waals surface area contributed by atoms with E-state index in [1.165, 1.54) is 16.8 Å². The minimum absolute atomic E-state index is 0.132. The molecule has 3 aliphatic heterocycles. The van der Waals surface area contributed by atoms with Crippen LogP contribution < -0.4 is 4.99 Å². The lowest BCUT2D eigenvalue weighted by Crippen LogP contribution is -2.87. The Balaban J connectivity index is 1.73.